The molecular weight excluding hydrogens is 360 g/mol. The number of hydrogen-bond acceptors (Lipinski definition) is 7. The zero-order chi connectivity index (χ0) is 20.2. The van der Waals surface area contributed by atoms with Crippen LogP contribution in [0.1, 0.15) is 40.0 Å². The Morgan fingerprint density at radius 3 is 1.78 bits per heavy atom. The first-order chi connectivity index (χ1) is 12.7. The van der Waals surface area contributed by atoms with Crippen LogP contribution in [0.4, 0.5) is 0 Å². The van der Waals surface area contributed by atoms with Gasteiger partial charge in [0.15, 0.2) is 0 Å². The first-order valence-corrected chi connectivity index (χ1v) is 8.28. The number of nitrogens with one attached hydrogen (secondary N) is 1. The minimum atomic E-state index is -3.61. The number of piperidine rings is 1. The first-order valence-electron chi connectivity index (χ1n) is 8.28. The Labute approximate surface area is 154 Å². The Morgan fingerprint density at radius 2 is 1.48 bits per heavy atom. The third-order valence-electron chi connectivity index (χ3n) is 4.27. The van der Waals surface area contributed by atoms with Gasteiger partial charge in [0, 0.05) is 0 Å². The van der Waals surface area contributed by atoms with Crippen molar-refractivity contribution < 1.29 is 39.6 Å². The zero-order valence-electron chi connectivity index (χ0n) is 14.3. The van der Waals surface area contributed by atoms with E-state index in [1.165, 1.54) is 56.6 Å². The number of benzene rings is 1. The molecule has 1 saturated heterocycles. The lowest BCUT2D eigenvalue weighted by Gasteiger charge is -2.33. The molecule has 3 rings (SSSR count). The minimum absolute atomic E-state index is 0.168. The average molecular weight is 380 g/mol. The van der Waals surface area contributed by atoms with Gasteiger partial charge in [-0.3, -0.25) is 9.59 Å². The molecule has 2 amide bonds. The Bertz CT molecular complexity index is 715. The standard InChI is InChI=1S/C12H9NO8.C5H11N/c14-7(10(17)18)12(21,11(19)20)13-8(15)5-3-1-2-4-6(5)9(13)16;1-2-4-6-5-3-1/h1-4,7,14,21H,(H,17,18)(H,19,20);6H,1-5H2. The lowest BCUT2D eigenvalue weighted by atomic mass is 10.0. The smallest absolute Gasteiger partial charge is 0.361 e. The van der Waals surface area contributed by atoms with Gasteiger partial charge in [-0.15, -0.1) is 0 Å². The van der Waals surface area contributed by atoms with E-state index >= 15 is 0 Å². The average Bonchev–Trinajstić information content (AvgIpc) is 2.93. The fraction of sp³-hybridized carbons (Fsp3) is 0.412. The normalized spacial score (nSPS) is 19.4. The van der Waals surface area contributed by atoms with E-state index in [0.717, 1.165) is 0 Å². The molecule has 27 heavy (non-hydrogen) atoms. The predicted molar refractivity (Wildman–Crippen MR) is 89.9 cm³/mol. The Morgan fingerprint density at radius 1 is 1.00 bits per heavy atom. The number of imide groups is 1. The Hall–Kier alpha value is -2.82. The molecule has 0 aliphatic carbocycles. The molecule has 10 heteroatoms. The SMILES string of the molecule is C1CCNCC1.O=C(O)C(O)C(O)(C(=O)O)N1C(=O)c2ccccc2C1=O. The summed E-state index contributed by atoms with van der Waals surface area (Å²) >= 11 is 0. The van der Waals surface area contributed by atoms with Gasteiger partial charge in [-0.05, 0) is 38.1 Å². The maximum atomic E-state index is 12.1. The predicted octanol–water partition coefficient (Wildman–Crippen LogP) is -0.739. The summed E-state index contributed by atoms with van der Waals surface area (Å²) in [6, 6.07) is 5.23. The second-order valence-corrected chi connectivity index (χ2v) is 6.07. The molecule has 146 valence electrons. The van der Waals surface area contributed by atoms with E-state index in [2.05, 4.69) is 5.32 Å². The maximum Gasteiger partial charge on any atom is 0.361 e. The summed E-state index contributed by atoms with van der Waals surface area (Å²) in [6.07, 6.45) is 1.31. The van der Waals surface area contributed by atoms with Crippen molar-refractivity contribution in [3.63, 3.8) is 0 Å². The fourth-order valence-electron chi connectivity index (χ4n) is 2.81. The first kappa shape index (κ1) is 20.5. The number of carbonyl (C=O) groups excluding carboxylic acids is 2. The van der Waals surface area contributed by atoms with Crippen LogP contribution in [0.3, 0.4) is 0 Å². The molecule has 2 heterocycles. The van der Waals surface area contributed by atoms with Gasteiger partial charge in [-0.1, -0.05) is 18.6 Å². The molecule has 5 N–H and O–H groups in total. The minimum Gasteiger partial charge on any atom is -0.479 e. The third-order valence-corrected chi connectivity index (χ3v) is 4.27. The summed E-state index contributed by atoms with van der Waals surface area (Å²) in [7, 11) is 0. The largest absolute Gasteiger partial charge is 0.479 e. The van der Waals surface area contributed by atoms with Crippen LogP contribution in [0.15, 0.2) is 24.3 Å². The number of nitrogens with zero attached hydrogens (tertiary/aromatic N) is 1. The van der Waals surface area contributed by atoms with Crippen LogP contribution < -0.4 is 5.32 Å². The van der Waals surface area contributed by atoms with E-state index < -0.39 is 35.6 Å². The van der Waals surface area contributed by atoms with Gasteiger partial charge >= 0.3 is 11.9 Å². The molecule has 2 unspecified atom stereocenters. The molecule has 0 aromatic heterocycles. The molecule has 1 aromatic rings. The van der Waals surface area contributed by atoms with Crippen molar-refractivity contribution in [3.05, 3.63) is 35.4 Å². The lowest BCUT2D eigenvalue weighted by molar-refractivity contribution is -0.201. The van der Waals surface area contributed by atoms with E-state index in [4.69, 9.17) is 10.2 Å². The summed E-state index contributed by atoms with van der Waals surface area (Å²) in [4.78, 5) is 45.9. The van der Waals surface area contributed by atoms with E-state index in [-0.39, 0.29) is 16.0 Å². The van der Waals surface area contributed by atoms with Crippen molar-refractivity contribution in [2.24, 2.45) is 0 Å². The molecule has 1 aromatic carbocycles. The molecule has 2 atom stereocenters. The molecule has 2 aliphatic heterocycles. The molecule has 0 radical (unpaired) electrons. The molecule has 10 nitrogen and oxygen atoms in total. The number of carbonyl (C=O) groups is 4. The number of rotatable bonds is 4. The van der Waals surface area contributed by atoms with Crippen molar-refractivity contribution in [2.75, 3.05) is 13.1 Å². The Kier molecular flexibility index (Phi) is 6.26. The summed E-state index contributed by atoms with van der Waals surface area (Å²) in [5.74, 6) is -6.76. The van der Waals surface area contributed by atoms with Crippen LogP contribution in [0.5, 0.6) is 0 Å². The van der Waals surface area contributed by atoms with Crippen LogP contribution in [-0.2, 0) is 9.59 Å². The number of carboxylic acid groups (broad SMARTS) is 2. The summed E-state index contributed by atoms with van der Waals surface area (Å²) in [6.45, 7) is 2.50. The lowest BCUT2D eigenvalue weighted by Crippen LogP contribution is -2.66. The van der Waals surface area contributed by atoms with Crippen molar-refractivity contribution in [3.8, 4) is 0 Å². The van der Waals surface area contributed by atoms with Crippen molar-refractivity contribution in [1.82, 2.24) is 10.2 Å². The molecule has 1 fully saturated rings. The number of aliphatic hydroxyl groups excluding tert-OH is 1. The number of fused-ring (bicyclic) bond motifs is 1. The topological polar surface area (TPSA) is 164 Å². The van der Waals surface area contributed by atoms with Gasteiger partial charge in [0.1, 0.15) is 0 Å². The summed E-state index contributed by atoms with van der Waals surface area (Å²) < 4.78 is 0. The van der Waals surface area contributed by atoms with Crippen molar-refractivity contribution in [1.29, 1.82) is 0 Å². The molecule has 2 aliphatic rings. The van der Waals surface area contributed by atoms with E-state index in [0.29, 0.717) is 0 Å². The number of aliphatic hydroxyl groups is 2. The number of aliphatic carboxylic acids is 2. The maximum absolute atomic E-state index is 12.1. The quantitative estimate of drug-likeness (QED) is 0.423. The van der Waals surface area contributed by atoms with Gasteiger partial charge < -0.3 is 25.7 Å². The van der Waals surface area contributed by atoms with Gasteiger partial charge in [0.2, 0.25) is 6.10 Å². The van der Waals surface area contributed by atoms with Gasteiger partial charge in [0.05, 0.1) is 11.1 Å². The fourth-order valence-corrected chi connectivity index (χ4v) is 2.81. The summed E-state index contributed by atoms with van der Waals surface area (Å²) in [5.41, 5.74) is -4.00. The second-order valence-electron chi connectivity index (χ2n) is 6.07. The van der Waals surface area contributed by atoms with E-state index in [1.807, 2.05) is 0 Å². The Balaban J connectivity index is 0.000000369. The van der Waals surface area contributed by atoms with Crippen LogP contribution in [0, 0.1) is 0 Å². The van der Waals surface area contributed by atoms with Crippen LogP contribution in [0.2, 0.25) is 0 Å². The second kappa shape index (κ2) is 8.25. The van der Waals surface area contributed by atoms with Gasteiger partial charge in [0.25, 0.3) is 17.5 Å². The van der Waals surface area contributed by atoms with Crippen LogP contribution >= 0.6 is 0 Å². The molecule has 0 bridgehead atoms. The third kappa shape index (κ3) is 3.82. The highest BCUT2D eigenvalue weighted by atomic mass is 16.5. The highest BCUT2D eigenvalue weighted by Gasteiger charge is 2.60. The monoisotopic (exact) mass is 380 g/mol. The van der Waals surface area contributed by atoms with Crippen LogP contribution in [0.25, 0.3) is 0 Å². The van der Waals surface area contributed by atoms with Crippen molar-refractivity contribution in [2.45, 2.75) is 31.1 Å². The molecular formula is C17H20N2O8. The van der Waals surface area contributed by atoms with Crippen molar-refractivity contribution >= 4 is 23.8 Å². The number of hydrogen-bond donors (Lipinski definition) is 5. The number of carboxylic acids is 2. The van der Waals surface area contributed by atoms with Crippen LogP contribution in [-0.4, -0.2) is 74.0 Å². The van der Waals surface area contributed by atoms with E-state index in [9.17, 15) is 29.4 Å². The highest BCUT2D eigenvalue weighted by molar-refractivity contribution is 6.23. The highest BCUT2D eigenvalue weighted by Crippen LogP contribution is 2.30. The van der Waals surface area contributed by atoms with Gasteiger partial charge in [-0.2, -0.15) is 0 Å². The molecule has 0 spiro atoms. The summed E-state index contributed by atoms with van der Waals surface area (Å²) in [5, 5.41) is 40.4. The zero-order valence-corrected chi connectivity index (χ0v) is 14.3. The number of amides is 2. The molecule has 0 saturated carbocycles. The van der Waals surface area contributed by atoms with Gasteiger partial charge in [-0.25, -0.2) is 14.5 Å². The van der Waals surface area contributed by atoms with E-state index in [1.54, 1.807) is 0 Å².